The third-order valence-corrected chi connectivity index (χ3v) is 3.41. The molecular weight excluding hydrogens is 286 g/mol. The summed E-state index contributed by atoms with van der Waals surface area (Å²) in [7, 11) is 1.53. The van der Waals surface area contributed by atoms with E-state index in [1.54, 1.807) is 26.0 Å². The summed E-state index contributed by atoms with van der Waals surface area (Å²) in [6.45, 7) is 3.67. The van der Waals surface area contributed by atoms with Gasteiger partial charge in [0.25, 0.3) is 5.91 Å². The number of carbonyl (C=O) groups excluding carboxylic acids is 1. The molecule has 0 saturated carbocycles. The Morgan fingerprint density at radius 1 is 1.32 bits per heavy atom. The monoisotopic (exact) mass is 305 g/mol. The molecule has 0 aliphatic heterocycles. The highest BCUT2D eigenvalue weighted by Crippen LogP contribution is 2.26. The van der Waals surface area contributed by atoms with Crippen LogP contribution >= 0.6 is 0 Å². The SMILES string of the molecule is COCc1c(C(=O)N[C@H](C(=O)O)C(C)C)oc2ccccc12. The molecule has 1 aromatic heterocycles. The van der Waals surface area contributed by atoms with Crippen LogP contribution in [0.3, 0.4) is 0 Å². The van der Waals surface area contributed by atoms with Gasteiger partial charge >= 0.3 is 5.97 Å². The molecule has 0 unspecified atom stereocenters. The molecule has 2 N–H and O–H groups in total. The molecule has 2 rings (SSSR count). The van der Waals surface area contributed by atoms with Crippen LogP contribution < -0.4 is 5.32 Å². The number of hydrogen-bond donors (Lipinski definition) is 2. The summed E-state index contributed by atoms with van der Waals surface area (Å²) in [4.78, 5) is 23.6. The van der Waals surface area contributed by atoms with E-state index in [9.17, 15) is 14.7 Å². The lowest BCUT2D eigenvalue weighted by atomic mass is 10.0. The standard InChI is InChI=1S/C16H19NO5/c1-9(2)13(16(19)20)17-15(18)14-11(8-21-3)10-6-4-5-7-12(10)22-14/h4-7,9,13H,8H2,1-3H3,(H,17,18)(H,19,20)/t13-/m0/s1. The number of hydrogen-bond acceptors (Lipinski definition) is 4. The van der Waals surface area contributed by atoms with Gasteiger partial charge in [-0.1, -0.05) is 32.0 Å². The Labute approximate surface area is 128 Å². The summed E-state index contributed by atoms with van der Waals surface area (Å²) < 4.78 is 10.7. The normalized spacial score (nSPS) is 12.5. The Morgan fingerprint density at radius 2 is 2.00 bits per heavy atom. The molecule has 6 nitrogen and oxygen atoms in total. The summed E-state index contributed by atoms with van der Waals surface area (Å²) in [6.07, 6.45) is 0. The average molecular weight is 305 g/mol. The van der Waals surface area contributed by atoms with Crippen LogP contribution in [0.25, 0.3) is 11.0 Å². The summed E-state index contributed by atoms with van der Waals surface area (Å²) >= 11 is 0. The molecule has 0 fully saturated rings. The van der Waals surface area contributed by atoms with E-state index in [4.69, 9.17) is 9.15 Å². The quantitative estimate of drug-likeness (QED) is 0.855. The van der Waals surface area contributed by atoms with Crippen LogP contribution in [-0.2, 0) is 16.1 Å². The second kappa shape index (κ2) is 6.62. The number of carboxylic acids is 1. The van der Waals surface area contributed by atoms with Crippen LogP contribution in [0, 0.1) is 5.92 Å². The molecule has 1 aromatic carbocycles. The van der Waals surface area contributed by atoms with E-state index in [1.807, 2.05) is 12.1 Å². The molecule has 1 heterocycles. The van der Waals surface area contributed by atoms with E-state index in [-0.39, 0.29) is 18.3 Å². The number of aliphatic carboxylic acids is 1. The molecule has 2 aromatic rings. The predicted octanol–water partition coefficient (Wildman–Crippen LogP) is 2.42. The zero-order valence-electron chi connectivity index (χ0n) is 12.8. The van der Waals surface area contributed by atoms with Gasteiger partial charge in [0.2, 0.25) is 0 Å². The number of amides is 1. The Kier molecular flexibility index (Phi) is 4.82. The zero-order chi connectivity index (χ0) is 16.3. The van der Waals surface area contributed by atoms with E-state index in [0.29, 0.717) is 11.1 Å². The Bertz CT molecular complexity index is 689. The smallest absolute Gasteiger partial charge is 0.326 e. The lowest BCUT2D eigenvalue weighted by Gasteiger charge is -2.17. The first-order valence-corrected chi connectivity index (χ1v) is 6.98. The topological polar surface area (TPSA) is 88.8 Å². The van der Waals surface area contributed by atoms with E-state index in [2.05, 4.69) is 5.32 Å². The fourth-order valence-corrected chi connectivity index (χ4v) is 2.29. The highest BCUT2D eigenvalue weighted by molar-refractivity contribution is 6.00. The van der Waals surface area contributed by atoms with Crippen molar-refractivity contribution in [2.75, 3.05) is 7.11 Å². The minimum Gasteiger partial charge on any atom is -0.480 e. The van der Waals surface area contributed by atoms with Crippen LogP contribution in [0.5, 0.6) is 0 Å². The van der Waals surface area contributed by atoms with Gasteiger partial charge in [0, 0.05) is 18.1 Å². The van der Waals surface area contributed by atoms with Crippen molar-refractivity contribution >= 4 is 22.8 Å². The fourth-order valence-electron chi connectivity index (χ4n) is 2.29. The number of fused-ring (bicyclic) bond motifs is 1. The molecule has 0 saturated heterocycles. The highest BCUT2D eigenvalue weighted by atomic mass is 16.5. The zero-order valence-corrected chi connectivity index (χ0v) is 12.8. The van der Waals surface area contributed by atoms with E-state index >= 15 is 0 Å². The maximum atomic E-state index is 12.4. The molecule has 1 amide bonds. The molecule has 6 heteroatoms. The van der Waals surface area contributed by atoms with Gasteiger partial charge in [0.05, 0.1) is 6.61 Å². The first kappa shape index (κ1) is 16.0. The van der Waals surface area contributed by atoms with E-state index in [0.717, 1.165) is 5.39 Å². The Morgan fingerprint density at radius 3 is 2.59 bits per heavy atom. The number of benzene rings is 1. The van der Waals surface area contributed by atoms with Crippen LogP contribution in [0.15, 0.2) is 28.7 Å². The lowest BCUT2D eigenvalue weighted by molar-refractivity contribution is -0.140. The fraction of sp³-hybridized carbons (Fsp3) is 0.375. The second-order valence-corrected chi connectivity index (χ2v) is 5.37. The average Bonchev–Trinajstić information content (AvgIpc) is 2.83. The van der Waals surface area contributed by atoms with Gasteiger partial charge in [-0.3, -0.25) is 4.79 Å². The second-order valence-electron chi connectivity index (χ2n) is 5.37. The maximum absolute atomic E-state index is 12.4. The lowest BCUT2D eigenvalue weighted by Crippen LogP contribution is -2.44. The summed E-state index contributed by atoms with van der Waals surface area (Å²) in [6, 6.07) is 6.25. The summed E-state index contributed by atoms with van der Waals surface area (Å²) in [5, 5.41) is 12.5. The Balaban J connectivity index is 2.38. The number of furan rings is 1. The molecule has 0 aliphatic carbocycles. The molecule has 118 valence electrons. The van der Waals surface area contributed by atoms with Crippen molar-refractivity contribution < 1.29 is 23.8 Å². The summed E-state index contributed by atoms with van der Waals surface area (Å²) in [5.41, 5.74) is 1.18. The van der Waals surface area contributed by atoms with Gasteiger partial charge in [-0.2, -0.15) is 0 Å². The number of para-hydroxylation sites is 1. The Hall–Kier alpha value is -2.34. The van der Waals surface area contributed by atoms with Gasteiger partial charge < -0.3 is 19.6 Å². The number of carboxylic acid groups (broad SMARTS) is 1. The third-order valence-electron chi connectivity index (χ3n) is 3.41. The first-order valence-electron chi connectivity index (χ1n) is 6.98. The van der Waals surface area contributed by atoms with Crippen molar-refractivity contribution in [3.8, 4) is 0 Å². The van der Waals surface area contributed by atoms with Crippen molar-refractivity contribution in [1.82, 2.24) is 5.32 Å². The number of nitrogens with one attached hydrogen (secondary N) is 1. The maximum Gasteiger partial charge on any atom is 0.326 e. The predicted molar refractivity (Wildman–Crippen MR) is 80.7 cm³/mol. The van der Waals surface area contributed by atoms with Crippen LogP contribution in [0.4, 0.5) is 0 Å². The summed E-state index contributed by atoms with van der Waals surface area (Å²) in [5.74, 6) is -1.77. The number of rotatable bonds is 6. The molecule has 22 heavy (non-hydrogen) atoms. The third kappa shape index (κ3) is 3.12. The first-order chi connectivity index (χ1) is 10.5. The van der Waals surface area contributed by atoms with Crippen LogP contribution in [0.2, 0.25) is 0 Å². The van der Waals surface area contributed by atoms with E-state index in [1.165, 1.54) is 7.11 Å². The van der Waals surface area contributed by atoms with Crippen LogP contribution in [-0.4, -0.2) is 30.1 Å². The van der Waals surface area contributed by atoms with Crippen molar-refractivity contribution in [1.29, 1.82) is 0 Å². The van der Waals surface area contributed by atoms with Gasteiger partial charge in [-0.15, -0.1) is 0 Å². The molecule has 0 aliphatic rings. The molecule has 1 atom stereocenters. The van der Waals surface area contributed by atoms with Gasteiger partial charge in [0.1, 0.15) is 11.6 Å². The van der Waals surface area contributed by atoms with Crippen LogP contribution in [0.1, 0.15) is 30.0 Å². The highest BCUT2D eigenvalue weighted by Gasteiger charge is 2.27. The number of ether oxygens (including phenoxy) is 1. The minimum atomic E-state index is -1.08. The number of methoxy groups -OCH3 is 1. The van der Waals surface area contributed by atoms with Gasteiger partial charge in [-0.05, 0) is 12.0 Å². The largest absolute Gasteiger partial charge is 0.480 e. The van der Waals surface area contributed by atoms with Crippen molar-refractivity contribution in [2.45, 2.75) is 26.5 Å². The molecule has 0 bridgehead atoms. The van der Waals surface area contributed by atoms with Crippen molar-refractivity contribution in [3.63, 3.8) is 0 Å². The van der Waals surface area contributed by atoms with Crippen molar-refractivity contribution in [2.24, 2.45) is 5.92 Å². The minimum absolute atomic E-state index is 0.0925. The van der Waals surface area contributed by atoms with E-state index < -0.39 is 17.9 Å². The molecule has 0 spiro atoms. The molecular formula is C16H19NO5. The van der Waals surface area contributed by atoms with Gasteiger partial charge in [0.15, 0.2) is 5.76 Å². The number of carbonyl (C=O) groups is 2. The van der Waals surface area contributed by atoms with Crippen molar-refractivity contribution in [3.05, 3.63) is 35.6 Å². The molecule has 0 radical (unpaired) electrons. The van der Waals surface area contributed by atoms with Gasteiger partial charge in [-0.25, -0.2) is 4.79 Å².